The van der Waals surface area contributed by atoms with Crippen LogP contribution in [0, 0.1) is 6.92 Å². The lowest BCUT2D eigenvalue weighted by atomic mass is 10.0. The molecule has 0 spiro atoms. The molecule has 6 heteroatoms. The third kappa shape index (κ3) is 3.48. The van der Waals surface area contributed by atoms with Crippen molar-refractivity contribution in [3.63, 3.8) is 0 Å². The number of nitrogens with zero attached hydrogens (tertiary/aromatic N) is 2. The first-order valence-electron chi connectivity index (χ1n) is 9.65. The van der Waals surface area contributed by atoms with Crippen LogP contribution in [0.1, 0.15) is 26.4 Å². The number of nitrogens with one attached hydrogen (secondary N) is 1. The number of thiophene rings is 1. The van der Waals surface area contributed by atoms with Crippen LogP contribution in [0.2, 0.25) is 0 Å². The van der Waals surface area contributed by atoms with Gasteiger partial charge in [0.15, 0.2) is 0 Å². The number of aryl methyl sites for hydroxylation is 1. The molecule has 146 valence electrons. The zero-order chi connectivity index (χ0) is 20.0. The van der Waals surface area contributed by atoms with Gasteiger partial charge in [-0.25, -0.2) is 4.98 Å². The van der Waals surface area contributed by atoms with Gasteiger partial charge < -0.3 is 10.2 Å². The molecular formula is C23H21N3OS2. The minimum Gasteiger partial charge on any atom is -0.313 e. The van der Waals surface area contributed by atoms with Gasteiger partial charge in [-0.2, -0.15) is 0 Å². The average Bonchev–Trinajstić information content (AvgIpc) is 3.28. The lowest BCUT2D eigenvalue weighted by molar-refractivity contribution is 0.102. The van der Waals surface area contributed by atoms with Crippen LogP contribution >= 0.6 is 22.7 Å². The van der Waals surface area contributed by atoms with E-state index in [9.17, 15) is 4.79 Å². The number of likely N-dealkylation sites (N-methyl/N-ethyl adjacent to an activating group) is 1. The summed E-state index contributed by atoms with van der Waals surface area (Å²) in [6, 6.07) is 15.9. The summed E-state index contributed by atoms with van der Waals surface area (Å²) in [6.07, 6.45) is 0.980. The molecule has 1 aliphatic heterocycles. The Morgan fingerprint density at radius 1 is 1.10 bits per heavy atom. The SMILES string of the molecule is Cc1ccc(C(=O)Nc2sc3c(c2-c2nc4ccccc4s2)CCN(C)C3)cc1. The zero-order valence-electron chi connectivity index (χ0n) is 16.4. The number of rotatable bonds is 3. The van der Waals surface area contributed by atoms with Crippen molar-refractivity contribution in [2.45, 2.75) is 19.9 Å². The van der Waals surface area contributed by atoms with Crippen molar-refractivity contribution in [2.75, 3.05) is 18.9 Å². The molecule has 3 heterocycles. The predicted molar refractivity (Wildman–Crippen MR) is 122 cm³/mol. The first-order chi connectivity index (χ1) is 14.1. The Hall–Kier alpha value is -2.54. The second kappa shape index (κ2) is 7.37. The highest BCUT2D eigenvalue weighted by Crippen LogP contribution is 2.45. The highest BCUT2D eigenvalue weighted by molar-refractivity contribution is 7.22. The summed E-state index contributed by atoms with van der Waals surface area (Å²) in [5.41, 5.74) is 5.28. The highest BCUT2D eigenvalue weighted by Gasteiger charge is 2.26. The Kier molecular flexibility index (Phi) is 4.70. The number of thiazole rings is 1. The van der Waals surface area contributed by atoms with E-state index < -0.39 is 0 Å². The van der Waals surface area contributed by atoms with Crippen molar-refractivity contribution in [3.05, 3.63) is 70.1 Å². The smallest absolute Gasteiger partial charge is 0.256 e. The molecule has 4 nitrogen and oxygen atoms in total. The summed E-state index contributed by atoms with van der Waals surface area (Å²) in [5, 5.41) is 5.09. The monoisotopic (exact) mass is 419 g/mol. The van der Waals surface area contributed by atoms with Crippen molar-refractivity contribution in [2.24, 2.45) is 0 Å². The van der Waals surface area contributed by atoms with Gasteiger partial charge in [-0.1, -0.05) is 29.8 Å². The van der Waals surface area contributed by atoms with E-state index in [0.717, 1.165) is 46.2 Å². The van der Waals surface area contributed by atoms with E-state index in [0.29, 0.717) is 5.56 Å². The third-order valence-corrected chi connectivity index (χ3v) is 7.48. The van der Waals surface area contributed by atoms with E-state index in [-0.39, 0.29) is 5.91 Å². The van der Waals surface area contributed by atoms with Gasteiger partial charge in [-0.3, -0.25) is 4.79 Å². The number of aromatic nitrogens is 1. The van der Waals surface area contributed by atoms with E-state index >= 15 is 0 Å². The molecule has 0 saturated carbocycles. The number of para-hydroxylation sites is 1. The van der Waals surface area contributed by atoms with Crippen LogP contribution in [0.25, 0.3) is 20.8 Å². The molecule has 0 aliphatic carbocycles. The van der Waals surface area contributed by atoms with Crippen LogP contribution in [0.3, 0.4) is 0 Å². The molecule has 0 unspecified atom stereocenters. The second-order valence-corrected chi connectivity index (χ2v) is 9.64. The number of anilines is 1. The van der Waals surface area contributed by atoms with Crippen molar-refractivity contribution >= 4 is 43.8 Å². The van der Waals surface area contributed by atoms with Gasteiger partial charge in [0.1, 0.15) is 10.0 Å². The molecule has 4 aromatic rings. The Bertz CT molecular complexity index is 1170. The molecular weight excluding hydrogens is 398 g/mol. The summed E-state index contributed by atoms with van der Waals surface area (Å²) in [4.78, 5) is 21.5. The van der Waals surface area contributed by atoms with E-state index in [1.54, 1.807) is 22.7 Å². The van der Waals surface area contributed by atoms with Gasteiger partial charge in [0.2, 0.25) is 0 Å². The maximum Gasteiger partial charge on any atom is 0.256 e. The molecule has 0 atom stereocenters. The fraction of sp³-hybridized carbons (Fsp3) is 0.217. The minimum absolute atomic E-state index is 0.0701. The summed E-state index contributed by atoms with van der Waals surface area (Å²) >= 11 is 3.39. The molecule has 2 aromatic heterocycles. The first kappa shape index (κ1) is 18.5. The standard InChI is InChI=1S/C23H21N3OS2/c1-14-7-9-15(10-8-14)21(27)25-23-20(16-11-12-26(2)13-19(16)29-23)22-24-17-5-3-4-6-18(17)28-22/h3-10H,11-13H2,1-2H3,(H,25,27). The lowest BCUT2D eigenvalue weighted by Crippen LogP contribution is -2.25. The Morgan fingerprint density at radius 3 is 2.69 bits per heavy atom. The summed E-state index contributed by atoms with van der Waals surface area (Å²) < 4.78 is 1.17. The van der Waals surface area contributed by atoms with Gasteiger partial charge in [-0.15, -0.1) is 22.7 Å². The summed E-state index contributed by atoms with van der Waals surface area (Å²) in [5.74, 6) is -0.0701. The quantitative estimate of drug-likeness (QED) is 0.472. The fourth-order valence-electron chi connectivity index (χ4n) is 3.70. The molecule has 1 N–H and O–H groups in total. The third-order valence-electron chi connectivity index (χ3n) is 5.30. The van der Waals surface area contributed by atoms with Gasteiger partial charge in [0.25, 0.3) is 5.91 Å². The molecule has 2 aromatic carbocycles. The maximum atomic E-state index is 12.9. The van der Waals surface area contributed by atoms with Gasteiger partial charge >= 0.3 is 0 Å². The van der Waals surface area contributed by atoms with Crippen LogP contribution in [-0.2, 0) is 13.0 Å². The fourth-order valence-corrected chi connectivity index (χ4v) is 6.14. The zero-order valence-corrected chi connectivity index (χ0v) is 18.0. The number of carbonyl (C=O) groups is 1. The number of carbonyl (C=O) groups excluding carboxylic acids is 1. The van der Waals surface area contributed by atoms with Crippen LogP contribution in [0.5, 0.6) is 0 Å². The van der Waals surface area contributed by atoms with Crippen molar-refractivity contribution in [1.29, 1.82) is 0 Å². The van der Waals surface area contributed by atoms with Crippen molar-refractivity contribution < 1.29 is 4.79 Å². The van der Waals surface area contributed by atoms with E-state index in [1.165, 1.54) is 15.1 Å². The minimum atomic E-state index is -0.0701. The van der Waals surface area contributed by atoms with Gasteiger partial charge in [0, 0.05) is 29.1 Å². The molecule has 0 saturated heterocycles. The Morgan fingerprint density at radius 2 is 1.90 bits per heavy atom. The number of amides is 1. The topological polar surface area (TPSA) is 45.2 Å². The maximum absolute atomic E-state index is 12.9. The molecule has 1 amide bonds. The molecule has 5 rings (SSSR count). The van der Waals surface area contributed by atoms with Crippen molar-refractivity contribution in [3.8, 4) is 10.6 Å². The number of hydrogen-bond donors (Lipinski definition) is 1. The number of benzene rings is 2. The largest absolute Gasteiger partial charge is 0.313 e. The highest BCUT2D eigenvalue weighted by atomic mass is 32.1. The molecule has 29 heavy (non-hydrogen) atoms. The summed E-state index contributed by atoms with van der Waals surface area (Å²) in [7, 11) is 2.14. The van der Waals surface area contributed by atoms with Gasteiger partial charge in [-0.05, 0) is 50.2 Å². The molecule has 0 bridgehead atoms. The van der Waals surface area contributed by atoms with E-state index in [1.807, 2.05) is 49.4 Å². The normalized spacial score (nSPS) is 14.1. The van der Waals surface area contributed by atoms with Crippen LogP contribution in [0.4, 0.5) is 5.00 Å². The second-order valence-electron chi connectivity index (χ2n) is 7.50. The average molecular weight is 420 g/mol. The lowest BCUT2D eigenvalue weighted by Gasteiger charge is -2.22. The predicted octanol–water partition coefficient (Wildman–Crippen LogP) is 5.57. The number of fused-ring (bicyclic) bond motifs is 2. The Labute approximate surface area is 177 Å². The van der Waals surface area contributed by atoms with Crippen LogP contribution < -0.4 is 5.32 Å². The van der Waals surface area contributed by atoms with Gasteiger partial charge in [0.05, 0.1) is 10.2 Å². The van der Waals surface area contributed by atoms with E-state index in [4.69, 9.17) is 4.98 Å². The first-order valence-corrected chi connectivity index (χ1v) is 11.3. The van der Waals surface area contributed by atoms with E-state index in [2.05, 4.69) is 23.3 Å². The number of hydrogen-bond acceptors (Lipinski definition) is 5. The summed E-state index contributed by atoms with van der Waals surface area (Å²) in [6.45, 7) is 3.96. The molecule has 0 fully saturated rings. The van der Waals surface area contributed by atoms with Crippen LogP contribution in [0.15, 0.2) is 48.5 Å². The molecule has 1 aliphatic rings. The van der Waals surface area contributed by atoms with Crippen LogP contribution in [-0.4, -0.2) is 29.4 Å². The molecule has 0 radical (unpaired) electrons. The Balaban J connectivity index is 1.59. The van der Waals surface area contributed by atoms with Crippen molar-refractivity contribution in [1.82, 2.24) is 9.88 Å².